The average molecular weight is 291 g/mol. The Bertz CT molecular complexity index is 290. The molecule has 0 aromatic heterocycles. The van der Waals surface area contributed by atoms with Gasteiger partial charge in [-0.2, -0.15) is 0 Å². The summed E-state index contributed by atoms with van der Waals surface area (Å²) in [6.07, 6.45) is -1.37. The van der Waals surface area contributed by atoms with E-state index in [0.29, 0.717) is 6.54 Å². The molecule has 1 amide bonds. The largest absolute Gasteiger partial charge is 0.469 e. The van der Waals surface area contributed by atoms with Crippen molar-refractivity contribution in [3.05, 3.63) is 0 Å². The van der Waals surface area contributed by atoms with Crippen LogP contribution in [-0.2, 0) is 9.53 Å². The van der Waals surface area contributed by atoms with E-state index in [2.05, 4.69) is 26.0 Å². The van der Waals surface area contributed by atoms with Gasteiger partial charge in [-0.25, -0.2) is 0 Å². The lowest BCUT2D eigenvalue weighted by molar-refractivity contribution is -0.120. The van der Waals surface area contributed by atoms with E-state index in [-0.39, 0.29) is 38.1 Å². The summed E-state index contributed by atoms with van der Waals surface area (Å²) in [5.41, 5.74) is 0. The predicted molar refractivity (Wildman–Crippen MR) is 74.6 cm³/mol. The maximum absolute atomic E-state index is 11.4. The number of aliphatic hydroxyl groups excluding tert-OH is 2. The molecule has 118 valence electrons. The lowest BCUT2D eigenvalue weighted by Crippen LogP contribution is -2.43. The van der Waals surface area contributed by atoms with Crippen molar-refractivity contribution in [3.63, 3.8) is 0 Å². The first-order valence-corrected chi connectivity index (χ1v) is 6.34. The normalized spacial score (nSPS) is 13.4. The van der Waals surface area contributed by atoms with E-state index >= 15 is 0 Å². The summed E-state index contributed by atoms with van der Waals surface area (Å²) >= 11 is 0. The molecule has 0 rings (SSSR count). The predicted octanol–water partition coefficient (Wildman–Crippen LogP) is -3.20. The van der Waals surface area contributed by atoms with Crippen LogP contribution < -0.4 is 21.3 Å². The van der Waals surface area contributed by atoms with Crippen LogP contribution in [0.2, 0.25) is 0 Å². The van der Waals surface area contributed by atoms with Crippen LogP contribution in [0.25, 0.3) is 0 Å². The van der Waals surface area contributed by atoms with Crippen LogP contribution in [0.5, 0.6) is 0 Å². The third-order valence-electron chi connectivity index (χ3n) is 2.34. The van der Waals surface area contributed by atoms with Crippen molar-refractivity contribution in [3.8, 4) is 0 Å². The molecule has 0 heterocycles. The number of carbonyl (C=O) groups is 1. The standard InChI is InChI=1S/C11H25N5O4/c1-13-3-8(17)5-15-10(19)7-14-4-9(18)6-16-11(12)20-2/h8-9,13-14,17-18H,3-7H2,1-2H3,(H2,12,16)(H,15,19). The SMILES string of the molecule is CNCC(O)CNC(=O)CNCC(O)CNC(=N)OC. The smallest absolute Gasteiger partial charge is 0.281 e. The number of likely N-dealkylation sites (N-methyl/N-ethyl adjacent to an activating group) is 1. The van der Waals surface area contributed by atoms with Gasteiger partial charge in [0.2, 0.25) is 5.91 Å². The Morgan fingerprint density at radius 1 is 1.15 bits per heavy atom. The Morgan fingerprint density at radius 3 is 2.35 bits per heavy atom. The second-order valence-corrected chi connectivity index (χ2v) is 4.21. The van der Waals surface area contributed by atoms with Gasteiger partial charge >= 0.3 is 0 Å². The van der Waals surface area contributed by atoms with Gasteiger partial charge < -0.3 is 36.2 Å². The molecule has 0 aliphatic heterocycles. The highest BCUT2D eigenvalue weighted by molar-refractivity contribution is 5.78. The number of amidine groups is 1. The van der Waals surface area contributed by atoms with Gasteiger partial charge in [-0.15, -0.1) is 0 Å². The minimum atomic E-state index is -0.742. The van der Waals surface area contributed by atoms with Crippen molar-refractivity contribution >= 4 is 11.9 Å². The number of aliphatic hydroxyl groups is 2. The summed E-state index contributed by atoms with van der Waals surface area (Å²) in [7, 11) is 3.07. The maximum Gasteiger partial charge on any atom is 0.281 e. The Hall–Kier alpha value is -1.42. The van der Waals surface area contributed by atoms with Gasteiger partial charge in [0.05, 0.1) is 25.9 Å². The van der Waals surface area contributed by atoms with Crippen molar-refractivity contribution in [2.45, 2.75) is 12.2 Å². The highest BCUT2D eigenvalue weighted by atomic mass is 16.5. The quantitative estimate of drug-likeness (QED) is 0.166. The van der Waals surface area contributed by atoms with E-state index in [1.165, 1.54) is 7.11 Å². The zero-order valence-corrected chi connectivity index (χ0v) is 11.9. The zero-order valence-electron chi connectivity index (χ0n) is 11.9. The minimum absolute atomic E-state index is 0.0467. The molecule has 20 heavy (non-hydrogen) atoms. The van der Waals surface area contributed by atoms with E-state index in [0.717, 1.165) is 0 Å². The van der Waals surface area contributed by atoms with Crippen LogP contribution in [-0.4, -0.2) is 81.2 Å². The summed E-state index contributed by atoms with van der Waals surface area (Å²) < 4.78 is 4.57. The highest BCUT2D eigenvalue weighted by Gasteiger charge is 2.08. The zero-order chi connectivity index (χ0) is 15.4. The Morgan fingerprint density at radius 2 is 1.75 bits per heavy atom. The molecule has 0 aromatic carbocycles. The summed E-state index contributed by atoms with van der Waals surface area (Å²) in [6, 6.07) is -0.125. The van der Waals surface area contributed by atoms with Crippen molar-refractivity contribution in [1.29, 1.82) is 5.41 Å². The molecule has 0 saturated carbocycles. The molecule has 0 aliphatic rings. The molecular weight excluding hydrogens is 266 g/mol. The van der Waals surface area contributed by atoms with Crippen molar-refractivity contribution in [1.82, 2.24) is 21.3 Å². The first-order chi connectivity index (χ1) is 9.49. The molecule has 7 N–H and O–H groups in total. The number of rotatable bonds is 10. The van der Waals surface area contributed by atoms with Crippen molar-refractivity contribution in [2.24, 2.45) is 0 Å². The van der Waals surface area contributed by atoms with E-state index in [1.807, 2.05) is 0 Å². The Kier molecular flexibility index (Phi) is 10.6. The van der Waals surface area contributed by atoms with Gasteiger partial charge in [-0.05, 0) is 7.05 Å². The molecule has 0 bridgehead atoms. The second kappa shape index (κ2) is 11.4. The molecule has 0 fully saturated rings. The van der Waals surface area contributed by atoms with Crippen LogP contribution in [0.15, 0.2) is 0 Å². The molecule has 2 atom stereocenters. The molecule has 0 aliphatic carbocycles. The number of hydrogen-bond acceptors (Lipinski definition) is 7. The first-order valence-electron chi connectivity index (χ1n) is 6.34. The number of hydrogen-bond donors (Lipinski definition) is 7. The summed E-state index contributed by atoms with van der Waals surface area (Å²) in [5, 5.41) is 36.7. The number of ether oxygens (including phenoxy) is 1. The average Bonchev–Trinajstić information content (AvgIpc) is 2.42. The summed E-state index contributed by atoms with van der Waals surface area (Å²) in [4.78, 5) is 11.4. The number of carbonyl (C=O) groups excluding carboxylic acids is 1. The lowest BCUT2D eigenvalue weighted by Gasteiger charge is -2.14. The minimum Gasteiger partial charge on any atom is -0.469 e. The van der Waals surface area contributed by atoms with Crippen LogP contribution in [0, 0.1) is 5.41 Å². The third-order valence-corrected chi connectivity index (χ3v) is 2.34. The Balaban J connectivity index is 3.57. The maximum atomic E-state index is 11.4. The van der Waals surface area contributed by atoms with Gasteiger partial charge in [0, 0.05) is 26.2 Å². The fourth-order valence-corrected chi connectivity index (χ4v) is 1.31. The summed E-state index contributed by atoms with van der Waals surface area (Å²) in [6.45, 7) is 0.990. The van der Waals surface area contributed by atoms with Gasteiger partial charge in [0.15, 0.2) is 0 Å². The third kappa shape index (κ3) is 10.5. The molecule has 0 spiro atoms. The fourth-order valence-electron chi connectivity index (χ4n) is 1.31. The number of amides is 1. The van der Waals surface area contributed by atoms with Gasteiger partial charge in [-0.1, -0.05) is 0 Å². The second-order valence-electron chi connectivity index (χ2n) is 4.21. The summed E-state index contributed by atoms with van der Waals surface area (Å²) in [5.74, 6) is -0.259. The van der Waals surface area contributed by atoms with Crippen LogP contribution in [0.3, 0.4) is 0 Å². The van der Waals surface area contributed by atoms with E-state index < -0.39 is 12.2 Å². The van der Waals surface area contributed by atoms with E-state index in [9.17, 15) is 15.0 Å². The first kappa shape index (κ1) is 18.6. The van der Waals surface area contributed by atoms with E-state index in [4.69, 9.17) is 5.41 Å². The molecular formula is C11H25N5O4. The molecule has 2 unspecified atom stereocenters. The molecule has 9 heteroatoms. The van der Waals surface area contributed by atoms with Crippen molar-refractivity contribution in [2.75, 3.05) is 46.9 Å². The van der Waals surface area contributed by atoms with Crippen molar-refractivity contribution < 1.29 is 19.7 Å². The lowest BCUT2D eigenvalue weighted by atomic mass is 10.3. The highest BCUT2D eigenvalue weighted by Crippen LogP contribution is 1.80. The molecule has 9 nitrogen and oxygen atoms in total. The molecule has 0 radical (unpaired) electrons. The van der Waals surface area contributed by atoms with Crippen LogP contribution in [0.1, 0.15) is 0 Å². The van der Waals surface area contributed by atoms with Gasteiger partial charge in [-0.3, -0.25) is 10.2 Å². The van der Waals surface area contributed by atoms with Crippen LogP contribution >= 0.6 is 0 Å². The molecule has 0 saturated heterocycles. The number of methoxy groups -OCH3 is 1. The van der Waals surface area contributed by atoms with Crippen LogP contribution in [0.4, 0.5) is 0 Å². The Labute approximate surface area is 118 Å². The molecule has 0 aromatic rings. The fraction of sp³-hybridized carbons (Fsp3) is 0.818. The van der Waals surface area contributed by atoms with Gasteiger partial charge in [0.25, 0.3) is 6.02 Å². The van der Waals surface area contributed by atoms with Gasteiger partial charge in [0.1, 0.15) is 0 Å². The van der Waals surface area contributed by atoms with E-state index in [1.54, 1.807) is 7.05 Å². The number of nitrogens with one attached hydrogen (secondary N) is 5. The topological polar surface area (TPSA) is 139 Å². The monoisotopic (exact) mass is 291 g/mol.